The molecule has 0 aromatic rings. The monoisotopic (exact) mass is 445 g/mol. The standard InChI is InChI=1S/C24H47NO6/c1-5-6-7-8-9-10-11-12-13-14-15-16-23(27)31-20-21(26)19-30-18-17-22(24(28)29)25(2,3)4/h21-22,26H,5-20H2,1-4H3/t21-,22?/m0/s1. The lowest BCUT2D eigenvalue weighted by atomic mass is 10.1. The average molecular weight is 446 g/mol. The lowest BCUT2D eigenvalue weighted by molar-refractivity contribution is -0.889. The first-order valence-electron chi connectivity index (χ1n) is 12.1. The molecule has 0 aliphatic rings. The maximum atomic E-state index is 11.8. The van der Waals surface area contributed by atoms with Crippen LogP contribution in [0.25, 0.3) is 0 Å². The second-order valence-electron chi connectivity index (χ2n) is 9.44. The van der Waals surface area contributed by atoms with Crippen molar-refractivity contribution in [2.75, 3.05) is 41.0 Å². The summed E-state index contributed by atoms with van der Waals surface area (Å²) < 4.78 is 10.7. The van der Waals surface area contributed by atoms with Crippen molar-refractivity contribution >= 4 is 11.9 Å². The molecule has 0 aromatic heterocycles. The smallest absolute Gasteiger partial charge is 0.305 e. The summed E-state index contributed by atoms with van der Waals surface area (Å²) in [6.45, 7) is 2.33. The summed E-state index contributed by atoms with van der Waals surface area (Å²) in [7, 11) is 5.35. The molecule has 0 amide bonds. The molecule has 7 nitrogen and oxygen atoms in total. The number of aliphatic hydroxyl groups excluding tert-OH is 1. The molecule has 0 bridgehead atoms. The largest absolute Gasteiger partial charge is 0.544 e. The van der Waals surface area contributed by atoms with Crippen molar-refractivity contribution < 1.29 is 33.8 Å². The van der Waals surface area contributed by atoms with Gasteiger partial charge in [-0.2, -0.15) is 0 Å². The van der Waals surface area contributed by atoms with Gasteiger partial charge in [-0.1, -0.05) is 71.1 Å². The number of likely N-dealkylation sites (N-methyl/N-ethyl adjacent to an activating group) is 1. The predicted molar refractivity (Wildman–Crippen MR) is 120 cm³/mol. The number of quaternary nitrogens is 1. The van der Waals surface area contributed by atoms with Gasteiger partial charge < -0.3 is 29.0 Å². The number of aliphatic hydroxyl groups is 1. The highest BCUT2D eigenvalue weighted by Gasteiger charge is 2.24. The zero-order chi connectivity index (χ0) is 23.5. The molecule has 0 fully saturated rings. The molecule has 0 rings (SSSR count). The van der Waals surface area contributed by atoms with Gasteiger partial charge >= 0.3 is 5.97 Å². The fraction of sp³-hybridized carbons (Fsp3) is 0.917. The van der Waals surface area contributed by atoms with E-state index in [0.29, 0.717) is 6.42 Å². The van der Waals surface area contributed by atoms with Gasteiger partial charge in [0.25, 0.3) is 0 Å². The van der Waals surface area contributed by atoms with Gasteiger partial charge in [0.2, 0.25) is 0 Å². The number of ether oxygens (including phenoxy) is 2. The van der Waals surface area contributed by atoms with Crippen molar-refractivity contribution in [3.63, 3.8) is 0 Å². The zero-order valence-electron chi connectivity index (χ0n) is 20.4. The van der Waals surface area contributed by atoms with Crippen LogP contribution in [0.1, 0.15) is 90.4 Å². The van der Waals surface area contributed by atoms with Gasteiger partial charge in [0.15, 0.2) is 0 Å². The molecule has 0 heterocycles. The van der Waals surface area contributed by atoms with E-state index in [2.05, 4.69) is 6.92 Å². The van der Waals surface area contributed by atoms with Crippen LogP contribution in [0.3, 0.4) is 0 Å². The maximum Gasteiger partial charge on any atom is 0.305 e. The third-order valence-electron chi connectivity index (χ3n) is 5.47. The summed E-state index contributed by atoms with van der Waals surface area (Å²) in [5.41, 5.74) is 0. The van der Waals surface area contributed by atoms with Crippen LogP contribution in [-0.4, -0.2) is 74.6 Å². The predicted octanol–water partition coefficient (Wildman–Crippen LogP) is 2.82. The lowest BCUT2D eigenvalue weighted by Crippen LogP contribution is -2.55. The van der Waals surface area contributed by atoms with E-state index >= 15 is 0 Å². The Hall–Kier alpha value is -1.18. The van der Waals surface area contributed by atoms with Crippen molar-refractivity contribution in [1.82, 2.24) is 0 Å². The quantitative estimate of drug-likeness (QED) is 0.166. The summed E-state index contributed by atoms with van der Waals surface area (Å²) >= 11 is 0. The van der Waals surface area contributed by atoms with Crippen LogP contribution in [-0.2, 0) is 19.1 Å². The van der Waals surface area contributed by atoms with E-state index in [4.69, 9.17) is 9.47 Å². The molecule has 31 heavy (non-hydrogen) atoms. The number of unbranched alkanes of at least 4 members (excludes halogenated alkanes) is 10. The summed E-state index contributed by atoms with van der Waals surface area (Å²) in [5, 5.41) is 21.0. The van der Waals surface area contributed by atoms with Gasteiger partial charge in [0.1, 0.15) is 18.8 Å². The van der Waals surface area contributed by atoms with Gasteiger partial charge in [0, 0.05) is 12.8 Å². The molecule has 7 heteroatoms. The molecule has 0 radical (unpaired) electrons. The number of carboxylic acids is 1. The van der Waals surface area contributed by atoms with Crippen molar-refractivity contribution in [1.29, 1.82) is 0 Å². The van der Waals surface area contributed by atoms with Gasteiger partial charge in [-0.3, -0.25) is 4.79 Å². The highest BCUT2D eigenvalue weighted by Crippen LogP contribution is 2.12. The summed E-state index contributed by atoms with van der Waals surface area (Å²) in [6, 6.07) is -0.680. The third-order valence-corrected chi connectivity index (χ3v) is 5.47. The first-order valence-corrected chi connectivity index (χ1v) is 12.1. The Bertz CT molecular complexity index is 463. The number of carboxylic acid groups (broad SMARTS) is 1. The average Bonchev–Trinajstić information content (AvgIpc) is 2.69. The molecule has 184 valence electrons. The van der Waals surface area contributed by atoms with Crippen LogP contribution in [0.4, 0.5) is 0 Å². The van der Waals surface area contributed by atoms with Crippen LogP contribution < -0.4 is 5.11 Å². The van der Waals surface area contributed by atoms with E-state index in [0.717, 1.165) is 19.3 Å². The number of nitrogens with zero attached hydrogens (tertiary/aromatic N) is 1. The van der Waals surface area contributed by atoms with Crippen molar-refractivity contribution in [3.05, 3.63) is 0 Å². The van der Waals surface area contributed by atoms with E-state index in [-0.39, 0.29) is 36.7 Å². The van der Waals surface area contributed by atoms with E-state index in [1.807, 2.05) is 0 Å². The Balaban J connectivity index is 3.60. The second kappa shape index (κ2) is 18.4. The summed E-state index contributed by atoms with van der Waals surface area (Å²) in [4.78, 5) is 22.9. The maximum absolute atomic E-state index is 11.8. The molecule has 0 saturated heterocycles. The minimum Gasteiger partial charge on any atom is -0.544 e. The Labute approximate surface area is 189 Å². The Morgan fingerprint density at radius 3 is 1.87 bits per heavy atom. The highest BCUT2D eigenvalue weighted by atomic mass is 16.5. The second-order valence-corrected chi connectivity index (χ2v) is 9.44. The van der Waals surface area contributed by atoms with Crippen molar-refractivity contribution in [3.8, 4) is 0 Å². The Morgan fingerprint density at radius 2 is 1.39 bits per heavy atom. The van der Waals surface area contributed by atoms with Crippen LogP contribution >= 0.6 is 0 Å². The number of carbonyl (C=O) groups is 2. The van der Waals surface area contributed by atoms with Gasteiger partial charge in [0.05, 0.1) is 40.3 Å². The zero-order valence-corrected chi connectivity index (χ0v) is 20.4. The number of carbonyl (C=O) groups excluding carboxylic acids is 2. The topological polar surface area (TPSA) is 95.9 Å². The van der Waals surface area contributed by atoms with Crippen LogP contribution in [0, 0.1) is 0 Å². The third kappa shape index (κ3) is 18.1. The Morgan fingerprint density at radius 1 is 0.871 bits per heavy atom. The number of hydrogen-bond donors (Lipinski definition) is 1. The van der Waals surface area contributed by atoms with Gasteiger partial charge in [-0.15, -0.1) is 0 Å². The first-order chi connectivity index (χ1) is 14.7. The van der Waals surface area contributed by atoms with Crippen LogP contribution in [0.5, 0.6) is 0 Å². The number of hydrogen-bond acceptors (Lipinski definition) is 6. The highest BCUT2D eigenvalue weighted by molar-refractivity contribution is 5.69. The molecule has 1 N–H and O–H groups in total. The molecule has 0 aliphatic heterocycles. The molecule has 2 atom stereocenters. The number of esters is 1. The molecular weight excluding hydrogens is 398 g/mol. The SMILES string of the molecule is CCCCCCCCCCCCCC(=O)OC[C@@H](O)COCCC(C(=O)[O-])[N+](C)(C)C. The summed E-state index contributed by atoms with van der Waals surface area (Å²) in [6.07, 6.45) is 13.3. The van der Waals surface area contributed by atoms with Gasteiger partial charge in [-0.05, 0) is 6.42 Å². The molecule has 0 aromatic carbocycles. The number of aliphatic carboxylic acids is 1. The van der Waals surface area contributed by atoms with E-state index in [1.165, 1.54) is 51.4 Å². The van der Waals surface area contributed by atoms with E-state index in [1.54, 1.807) is 21.1 Å². The summed E-state index contributed by atoms with van der Waals surface area (Å²) in [5.74, 6) is -1.41. The van der Waals surface area contributed by atoms with Crippen LogP contribution in [0.15, 0.2) is 0 Å². The molecule has 0 spiro atoms. The minimum absolute atomic E-state index is 0.00261. The Kier molecular flexibility index (Phi) is 17.7. The lowest BCUT2D eigenvalue weighted by Gasteiger charge is -2.34. The van der Waals surface area contributed by atoms with Crippen molar-refractivity contribution in [2.45, 2.75) is 103 Å². The van der Waals surface area contributed by atoms with E-state index < -0.39 is 18.1 Å². The normalized spacial score (nSPS) is 13.7. The fourth-order valence-corrected chi connectivity index (χ4v) is 3.48. The first kappa shape index (κ1) is 29.8. The number of rotatable bonds is 21. The molecule has 0 aliphatic carbocycles. The fourth-order valence-electron chi connectivity index (χ4n) is 3.48. The minimum atomic E-state index is -1.12. The van der Waals surface area contributed by atoms with E-state index in [9.17, 15) is 19.8 Å². The van der Waals surface area contributed by atoms with Crippen molar-refractivity contribution in [2.24, 2.45) is 0 Å². The molecular formula is C24H47NO6. The van der Waals surface area contributed by atoms with Gasteiger partial charge in [-0.25, -0.2) is 0 Å². The van der Waals surface area contributed by atoms with Crippen LogP contribution in [0.2, 0.25) is 0 Å². The molecule has 1 unspecified atom stereocenters. The molecule has 0 saturated carbocycles.